The quantitative estimate of drug-likeness (QED) is 0.854. The van der Waals surface area contributed by atoms with Crippen LogP contribution in [0.25, 0.3) is 10.2 Å². The van der Waals surface area contributed by atoms with Crippen LogP contribution >= 0.6 is 11.3 Å². The number of anilines is 1. The SMILES string of the molecule is CCc1cc2c(NC(CC(C)C)C(=O)O)nc(C)nc2s1. The number of thiophene rings is 1. The number of carbonyl (C=O) groups is 1. The molecule has 0 spiro atoms. The molecule has 1 atom stereocenters. The van der Waals surface area contributed by atoms with E-state index in [1.807, 2.05) is 20.8 Å². The van der Waals surface area contributed by atoms with Crippen LogP contribution in [0, 0.1) is 12.8 Å². The number of nitrogens with zero attached hydrogens (tertiary/aromatic N) is 2. The van der Waals surface area contributed by atoms with Gasteiger partial charge >= 0.3 is 5.97 Å². The Bertz CT molecular complexity index is 652. The normalized spacial score (nSPS) is 12.8. The number of nitrogens with one attached hydrogen (secondary N) is 1. The summed E-state index contributed by atoms with van der Waals surface area (Å²) < 4.78 is 0. The third-order valence-electron chi connectivity index (χ3n) is 3.22. The summed E-state index contributed by atoms with van der Waals surface area (Å²) in [4.78, 5) is 22.4. The molecule has 0 amide bonds. The van der Waals surface area contributed by atoms with Crippen molar-refractivity contribution in [2.45, 2.75) is 46.6 Å². The van der Waals surface area contributed by atoms with E-state index in [0.29, 0.717) is 24.0 Å². The zero-order valence-electron chi connectivity index (χ0n) is 12.8. The lowest BCUT2D eigenvalue weighted by atomic mass is 10.0. The minimum Gasteiger partial charge on any atom is -0.480 e. The first-order valence-electron chi connectivity index (χ1n) is 7.17. The van der Waals surface area contributed by atoms with E-state index in [1.54, 1.807) is 11.3 Å². The summed E-state index contributed by atoms with van der Waals surface area (Å²) in [5.74, 6) is 0.731. The highest BCUT2D eigenvalue weighted by Crippen LogP contribution is 2.30. The molecule has 6 heteroatoms. The molecular weight excluding hydrogens is 286 g/mol. The van der Waals surface area contributed by atoms with Gasteiger partial charge in [-0.05, 0) is 31.7 Å². The summed E-state index contributed by atoms with van der Waals surface area (Å²) in [6, 6.07) is 1.42. The molecule has 0 fully saturated rings. The Labute approximate surface area is 128 Å². The highest BCUT2D eigenvalue weighted by molar-refractivity contribution is 7.18. The van der Waals surface area contributed by atoms with Gasteiger partial charge < -0.3 is 10.4 Å². The highest BCUT2D eigenvalue weighted by Gasteiger charge is 2.21. The maximum absolute atomic E-state index is 11.4. The summed E-state index contributed by atoms with van der Waals surface area (Å²) in [6.07, 6.45) is 1.50. The lowest BCUT2D eigenvalue weighted by molar-refractivity contribution is -0.138. The second kappa shape index (κ2) is 6.39. The fourth-order valence-corrected chi connectivity index (χ4v) is 3.23. The molecule has 0 bridgehead atoms. The minimum absolute atomic E-state index is 0.297. The number of hydrogen-bond donors (Lipinski definition) is 2. The van der Waals surface area contributed by atoms with E-state index in [2.05, 4.69) is 28.3 Å². The van der Waals surface area contributed by atoms with Gasteiger partial charge in [-0.25, -0.2) is 14.8 Å². The molecule has 2 aromatic rings. The second-order valence-electron chi connectivity index (χ2n) is 5.57. The number of aliphatic carboxylic acids is 1. The van der Waals surface area contributed by atoms with E-state index in [9.17, 15) is 9.90 Å². The van der Waals surface area contributed by atoms with Crippen LogP contribution in [0.3, 0.4) is 0 Å². The standard InChI is InChI=1S/C15H21N3O2S/c1-5-10-7-11-13(16-9(4)17-14(11)21-10)18-12(15(19)20)6-8(2)3/h7-8,12H,5-6H2,1-4H3,(H,19,20)(H,16,17,18). The van der Waals surface area contributed by atoms with Crippen molar-refractivity contribution in [3.05, 3.63) is 16.8 Å². The van der Waals surface area contributed by atoms with Crippen LogP contribution in [0.4, 0.5) is 5.82 Å². The third-order valence-corrected chi connectivity index (χ3v) is 4.39. The highest BCUT2D eigenvalue weighted by atomic mass is 32.1. The van der Waals surface area contributed by atoms with Gasteiger partial charge in [-0.3, -0.25) is 0 Å². The average Bonchev–Trinajstić information content (AvgIpc) is 2.80. The molecule has 2 aromatic heterocycles. The summed E-state index contributed by atoms with van der Waals surface area (Å²) in [5, 5.41) is 13.4. The molecule has 0 aromatic carbocycles. The first-order chi connectivity index (χ1) is 9.90. The van der Waals surface area contributed by atoms with Crippen LogP contribution in [-0.2, 0) is 11.2 Å². The van der Waals surface area contributed by atoms with Crippen LogP contribution < -0.4 is 5.32 Å². The number of aromatic nitrogens is 2. The molecule has 114 valence electrons. The average molecular weight is 307 g/mol. The van der Waals surface area contributed by atoms with Gasteiger partial charge in [0, 0.05) is 4.88 Å². The first-order valence-corrected chi connectivity index (χ1v) is 7.98. The van der Waals surface area contributed by atoms with Gasteiger partial charge in [0.1, 0.15) is 22.5 Å². The molecule has 0 saturated carbocycles. The molecule has 0 aliphatic rings. The molecule has 2 N–H and O–H groups in total. The van der Waals surface area contributed by atoms with Gasteiger partial charge in [0.15, 0.2) is 0 Å². The molecule has 0 aliphatic heterocycles. The topological polar surface area (TPSA) is 75.1 Å². The predicted octanol–water partition coefficient (Wildman–Crippen LogP) is 3.47. The number of carboxylic acid groups (broad SMARTS) is 1. The summed E-state index contributed by atoms with van der Waals surface area (Å²) in [6.45, 7) is 7.95. The third kappa shape index (κ3) is 3.69. The van der Waals surface area contributed by atoms with Crippen molar-refractivity contribution in [3.63, 3.8) is 0 Å². The van der Waals surface area contributed by atoms with Crippen molar-refractivity contribution in [3.8, 4) is 0 Å². The molecule has 2 heterocycles. The Kier molecular flexibility index (Phi) is 4.77. The van der Waals surface area contributed by atoms with E-state index in [0.717, 1.165) is 16.6 Å². The Morgan fingerprint density at radius 1 is 1.43 bits per heavy atom. The first kappa shape index (κ1) is 15.7. The Morgan fingerprint density at radius 3 is 2.71 bits per heavy atom. The van der Waals surface area contributed by atoms with Crippen LogP contribution in [0.5, 0.6) is 0 Å². The number of rotatable bonds is 6. The molecule has 0 saturated heterocycles. The van der Waals surface area contributed by atoms with Gasteiger partial charge in [0.05, 0.1) is 5.39 Å². The zero-order chi connectivity index (χ0) is 15.6. The van der Waals surface area contributed by atoms with Crippen LogP contribution in [0.15, 0.2) is 6.07 Å². The second-order valence-corrected chi connectivity index (χ2v) is 6.68. The van der Waals surface area contributed by atoms with Gasteiger partial charge in [0.25, 0.3) is 0 Å². The van der Waals surface area contributed by atoms with Crippen molar-refractivity contribution in [1.82, 2.24) is 9.97 Å². The van der Waals surface area contributed by atoms with E-state index in [4.69, 9.17) is 0 Å². The van der Waals surface area contributed by atoms with Crippen molar-refractivity contribution in [2.24, 2.45) is 5.92 Å². The molecule has 0 radical (unpaired) electrons. The number of hydrogen-bond acceptors (Lipinski definition) is 5. The van der Waals surface area contributed by atoms with Crippen molar-refractivity contribution < 1.29 is 9.90 Å². The van der Waals surface area contributed by atoms with Crippen molar-refractivity contribution in [2.75, 3.05) is 5.32 Å². The predicted molar refractivity (Wildman–Crippen MR) is 86.0 cm³/mol. The molecule has 0 aliphatic carbocycles. The van der Waals surface area contributed by atoms with Crippen LogP contribution in [0.2, 0.25) is 0 Å². The molecule has 21 heavy (non-hydrogen) atoms. The fourth-order valence-electron chi connectivity index (χ4n) is 2.22. The van der Waals surface area contributed by atoms with Crippen LogP contribution in [-0.4, -0.2) is 27.1 Å². The maximum atomic E-state index is 11.4. The van der Waals surface area contributed by atoms with E-state index in [-0.39, 0.29) is 0 Å². The maximum Gasteiger partial charge on any atom is 0.326 e. The lowest BCUT2D eigenvalue weighted by Gasteiger charge is -2.17. The van der Waals surface area contributed by atoms with Gasteiger partial charge in [-0.2, -0.15) is 0 Å². The van der Waals surface area contributed by atoms with Gasteiger partial charge in [0.2, 0.25) is 0 Å². The van der Waals surface area contributed by atoms with Crippen molar-refractivity contribution in [1.29, 1.82) is 0 Å². The lowest BCUT2D eigenvalue weighted by Crippen LogP contribution is -2.31. The van der Waals surface area contributed by atoms with Gasteiger partial charge in [-0.15, -0.1) is 11.3 Å². The Hall–Kier alpha value is -1.69. The number of fused-ring (bicyclic) bond motifs is 1. The Morgan fingerprint density at radius 2 is 2.14 bits per heavy atom. The summed E-state index contributed by atoms with van der Waals surface area (Å²) in [7, 11) is 0. The molecule has 5 nitrogen and oxygen atoms in total. The smallest absolute Gasteiger partial charge is 0.326 e. The summed E-state index contributed by atoms with van der Waals surface area (Å²) in [5.41, 5.74) is 0. The molecule has 2 rings (SSSR count). The monoisotopic (exact) mass is 307 g/mol. The Balaban J connectivity index is 2.39. The number of carboxylic acids is 1. The molecular formula is C15H21N3O2S. The minimum atomic E-state index is -0.848. The molecule has 1 unspecified atom stereocenters. The van der Waals surface area contributed by atoms with E-state index in [1.165, 1.54) is 4.88 Å². The largest absolute Gasteiger partial charge is 0.480 e. The van der Waals surface area contributed by atoms with Crippen molar-refractivity contribution >= 4 is 33.3 Å². The van der Waals surface area contributed by atoms with Gasteiger partial charge in [-0.1, -0.05) is 20.8 Å². The summed E-state index contributed by atoms with van der Waals surface area (Å²) >= 11 is 1.64. The number of aryl methyl sites for hydroxylation is 2. The fraction of sp³-hybridized carbons (Fsp3) is 0.533. The van der Waals surface area contributed by atoms with E-state index >= 15 is 0 Å². The zero-order valence-corrected chi connectivity index (χ0v) is 13.6. The van der Waals surface area contributed by atoms with E-state index < -0.39 is 12.0 Å². The van der Waals surface area contributed by atoms with Crippen LogP contribution in [0.1, 0.15) is 37.9 Å².